The molecule has 0 bridgehead atoms. The molecule has 0 aliphatic carbocycles. The lowest BCUT2D eigenvalue weighted by atomic mass is 10.2. The summed E-state index contributed by atoms with van der Waals surface area (Å²) in [6.45, 7) is 5.08. The maximum Gasteiger partial charge on any atom is 0.340 e. The summed E-state index contributed by atoms with van der Waals surface area (Å²) in [5, 5.41) is 5.14. The van der Waals surface area contributed by atoms with Crippen LogP contribution in [-0.2, 0) is 17.9 Å². The van der Waals surface area contributed by atoms with Crippen LogP contribution in [0.4, 0.5) is 0 Å². The summed E-state index contributed by atoms with van der Waals surface area (Å²) in [5.41, 5.74) is 1.77. The number of pyridine rings is 2. The van der Waals surface area contributed by atoms with Crippen LogP contribution in [0.3, 0.4) is 0 Å². The molecule has 3 heterocycles. The summed E-state index contributed by atoms with van der Waals surface area (Å²) in [6, 6.07) is 5.20. The van der Waals surface area contributed by atoms with Crippen molar-refractivity contribution in [2.45, 2.75) is 27.0 Å². The van der Waals surface area contributed by atoms with E-state index in [1.165, 1.54) is 6.20 Å². The van der Waals surface area contributed by atoms with Gasteiger partial charge in [-0.15, -0.1) is 0 Å². The zero-order chi connectivity index (χ0) is 17.8. The van der Waals surface area contributed by atoms with Gasteiger partial charge in [-0.2, -0.15) is 5.10 Å². The van der Waals surface area contributed by atoms with Crippen molar-refractivity contribution in [3.05, 3.63) is 48.0 Å². The maximum atomic E-state index is 12.3. The van der Waals surface area contributed by atoms with Crippen molar-refractivity contribution in [3.8, 4) is 5.75 Å². The third-order valence-electron chi connectivity index (χ3n) is 3.62. The lowest BCUT2D eigenvalue weighted by Gasteiger charge is -2.07. The molecule has 0 saturated carbocycles. The highest BCUT2D eigenvalue weighted by atomic mass is 16.5. The number of aromatic nitrogens is 4. The fourth-order valence-corrected chi connectivity index (χ4v) is 2.45. The zero-order valence-electron chi connectivity index (χ0n) is 14.5. The first kappa shape index (κ1) is 16.9. The molecular formula is C18H20N4O3. The predicted octanol–water partition coefficient (Wildman–Crippen LogP) is 2.85. The molecule has 0 fully saturated rings. The molecule has 7 nitrogen and oxygen atoms in total. The second-order valence-corrected chi connectivity index (χ2v) is 6.12. The van der Waals surface area contributed by atoms with E-state index in [4.69, 9.17) is 9.47 Å². The Morgan fingerprint density at radius 2 is 2.08 bits per heavy atom. The Hall–Kier alpha value is -2.96. The SMILES string of the molecule is COc1ccnc(COC(=O)c2cnc3c(cnn3CC(C)C)c2)c1. The van der Waals surface area contributed by atoms with Crippen molar-refractivity contribution >= 4 is 17.0 Å². The van der Waals surface area contributed by atoms with Gasteiger partial charge in [0.1, 0.15) is 12.4 Å². The highest BCUT2D eigenvalue weighted by molar-refractivity contribution is 5.92. The average molecular weight is 340 g/mol. The Balaban J connectivity index is 1.71. The number of ether oxygens (including phenoxy) is 2. The second kappa shape index (κ2) is 7.29. The van der Waals surface area contributed by atoms with Gasteiger partial charge >= 0.3 is 5.97 Å². The molecule has 7 heteroatoms. The van der Waals surface area contributed by atoms with Crippen LogP contribution in [0.15, 0.2) is 36.8 Å². The molecule has 0 saturated heterocycles. The van der Waals surface area contributed by atoms with Gasteiger partial charge in [0, 0.05) is 30.4 Å². The smallest absolute Gasteiger partial charge is 0.340 e. The van der Waals surface area contributed by atoms with Crippen LogP contribution < -0.4 is 4.74 Å². The number of fused-ring (bicyclic) bond motifs is 1. The monoisotopic (exact) mass is 340 g/mol. The molecule has 0 amide bonds. The largest absolute Gasteiger partial charge is 0.497 e. The van der Waals surface area contributed by atoms with Gasteiger partial charge in [-0.05, 0) is 18.1 Å². The molecule has 130 valence electrons. The van der Waals surface area contributed by atoms with E-state index in [2.05, 4.69) is 28.9 Å². The minimum absolute atomic E-state index is 0.0701. The van der Waals surface area contributed by atoms with Crippen LogP contribution in [0.2, 0.25) is 0 Å². The maximum absolute atomic E-state index is 12.3. The number of carbonyl (C=O) groups excluding carboxylic acids is 1. The molecule has 0 aliphatic heterocycles. The van der Waals surface area contributed by atoms with Crippen molar-refractivity contribution in [2.75, 3.05) is 7.11 Å². The standard InChI is InChI=1S/C18H20N4O3/c1-12(2)10-22-17-13(9-21-22)6-14(8-20-17)18(23)25-11-15-7-16(24-3)4-5-19-15/h4-9,12H,10-11H2,1-3H3. The lowest BCUT2D eigenvalue weighted by Crippen LogP contribution is -2.08. The first-order valence-corrected chi connectivity index (χ1v) is 8.04. The van der Waals surface area contributed by atoms with Crippen LogP contribution in [0.25, 0.3) is 11.0 Å². The van der Waals surface area contributed by atoms with E-state index in [-0.39, 0.29) is 6.61 Å². The van der Waals surface area contributed by atoms with Crippen molar-refractivity contribution < 1.29 is 14.3 Å². The molecule has 0 spiro atoms. The Morgan fingerprint density at radius 1 is 1.24 bits per heavy atom. The van der Waals surface area contributed by atoms with Gasteiger partial charge in [0.25, 0.3) is 0 Å². The number of carbonyl (C=O) groups is 1. The average Bonchev–Trinajstić information content (AvgIpc) is 3.01. The first-order chi connectivity index (χ1) is 12.1. The summed E-state index contributed by atoms with van der Waals surface area (Å²) in [6.07, 6.45) is 4.84. The molecule has 0 N–H and O–H groups in total. The van der Waals surface area contributed by atoms with E-state index in [1.54, 1.807) is 37.7 Å². The summed E-state index contributed by atoms with van der Waals surface area (Å²) < 4.78 is 12.3. The van der Waals surface area contributed by atoms with E-state index in [0.29, 0.717) is 22.9 Å². The quantitative estimate of drug-likeness (QED) is 0.642. The number of rotatable bonds is 6. The zero-order valence-corrected chi connectivity index (χ0v) is 14.5. The van der Waals surface area contributed by atoms with Gasteiger partial charge in [-0.3, -0.25) is 4.98 Å². The lowest BCUT2D eigenvalue weighted by molar-refractivity contribution is 0.0467. The van der Waals surface area contributed by atoms with Gasteiger partial charge in [-0.1, -0.05) is 13.8 Å². The minimum atomic E-state index is -0.448. The van der Waals surface area contributed by atoms with Crippen LogP contribution in [0.1, 0.15) is 29.9 Å². The van der Waals surface area contributed by atoms with Gasteiger partial charge in [0.15, 0.2) is 5.65 Å². The van der Waals surface area contributed by atoms with E-state index in [0.717, 1.165) is 17.6 Å². The van der Waals surface area contributed by atoms with Crippen molar-refractivity contribution in [3.63, 3.8) is 0 Å². The fraction of sp³-hybridized carbons (Fsp3) is 0.333. The molecule has 3 aromatic rings. The third-order valence-corrected chi connectivity index (χ3v) is 3.62. The van der Waals surface area contributed by atoms with E-state index in [1.807, 2.05) is 4.68 Å². The second-order valence-electron chi connectivity index (χ2n) is 6.12. The van der Waals surface area contributed by atoms with Gasteiger partial charge in [-0.25, -0.2) is 14.5 Å². The van der Waals surface area contributed by atoms with Crippen molar-refractivity contribution in [2.24, 2.45) is 5.92 Å². The molecule has 0 unspecified atom stereocenters. The molecule has 0 radical (unpaired) electrons. The van der Waals surface area contributed by atoms with Crippen LogP contribution in [0.5, 0.6) is 5.75 Å². The Labute approximate surface area is 145 Å². The van der Waals surface area contributed by atoms with Gasteiger partial charge in [0.2, 0.25) is 0 Å². The molecule has 3 rings (SSSR count). The number of nitrogens with zero attached hydrogens (tertiary/aromatic N) is 4. The number of methoxy groups -OCH3 is 1. The Morgan fingerprint density at radius 3 is 2.84 bits per heavy atom. The minimum Gasteiger partial charge on any atom is -0.497 e. The molecule has 3 aromatic heterocycles. The summed E-state index contributed by atoms with van der Waals surface area (Å²) in [5.74, 6) is 0.683. The van der Waals surface area contributed by atoms with Crippen LogP contribution in [0, 0.1) is 5.92 Å². The fourth-order valence-electron chi connectivity index (χ4n) is 2.45. The van der Waals surface area contributed by atoms with E-state index < -0.39 is 5.97 Å². The molecular weight excluding hydrogens is 320 g/mol. The number of esters is 1. The van der Waals surface area contributed by atoms with Crippen LogP contribution >= 0.6 is 0 Å². The summed E-state index contributed by atoms with van der Waals surface area (Å²) in [4.78, 5) is 20.8. The third kappa shape index (κ3) is 3.93. The summed E-state index contributed by atoms with van der Waals surface area (Å²) >= 11 is 0. The normalized spacial score (nSPS) is 11.0. The first-order valence-electron chi connectivity index (χ1n) is 8.04. The predicted molar refractivity (Wildman–Crippen MR) is 92.3 cm³/mol. The molecule has 0 aromatic carbocycles. The van der Waals surface area contributed by atoms with E-state index >= 15 is 0 Å². The highest BCUT2D eigenvalue weighted by Gasteiger charge is 2.13. The molecule has 0 aliphatic rings. The highest BCUT2D eigenvalue weighted by Crippen LogP contribution is 2.16. The van der Waals surface area contributed by atoms with E-state index in [9.17, 15) is 4.79 Å². The molecule has 0 atom stereocenters. The number of hydrogen-bond donors (Lipinski definition) is 0. The number of hydrogen-bond acceptors (Lipinski definition) is 6. The van der Waals surface area contributed by atoms with Gasteiger partial charge < -0.3 is 9.47 Å². The van der Waals surface area contributed by atoms with Gasteiger partial charge in [0.05, 0.1) is 24.6 Å². The van der Waals surface area contributed by atoms with Crippen LogP contribution in [-0.4, -0.2) is 32.8 Å². The molecule has 25 heavy (non-hydrogen) atoms. The Bertz CT molecular complexity index is 889. The topological polar surface area (TPSA) is 79.1 Å². The Kier molecular flexibility index (Phi) is 4.92. The van der Waals surface area contributed by atoms with Crippen molar-refractivity contribution in [1.29, 1.82) is 0 Å². The summed E-state index contributed by atoms with van der Waals surface area (Å²) in [7, 11) is 1.57. The van der Waals surface area contributed by atoms with Crippen molar-refractivity contribution in [1.82, 2.24) is 19.7 Å².